The lowest BCUT2D eigenvalue weighted by molar-refractivity contribution is -0.120. The summed E-state index contributed by atoms with van der Waals surface area (Å²) in [5.74, 6) is -0.127. The zero-order valence-corrected chi connectivity index (χ0v) is 12.4. The lowest BCUT2D eigenvalue weighted by Gasteiger charge is -2.31. The van der Waals surface area contributed by atoms with Gasteiger partial charge in [-0.25, -0.2) is 4.39 Å². The Kier molecular flexibility index (Phi) is 4.94. The van der Waals surface area contributed by atoms with Gasteiger partial charge in [-0.15, -0.1) is 0 Å². The average Bonchev–Trinajstić information content (AvgIpc) is 2.46. The summed E-state index contributed by atoms with van der Waals surface area (Å²) in [4.78, 5) is 23.8. The largest absolute Gasteiger partial charge is 0.350 e. The number of piperidine rings is 1. The predicted molar refractivity (Wildman–Crippen MR) is 78.2 cm³/mol. The van der Waals surface area contributed by atoms with E-state index in [2.05, 4.69) is 5.32 Å². The first-order valence-corrected chi connectivity index (χ1v) is 7.27. The lowest BCUT2D eigenvalue weighted by Crippen LogP contribution is -2.32. The number of amides is 2. The first-order chi connectivity index (χ1) is 10.0. The lowest BCUT2D eigenvalue weighted by atomic mass is 9.84. The summed E-state index contributed by atoms with van der Waals surface area (Å²) in [5, 5.41) is 2.81. The number of carbonyl (C=O) groups is 2. The van der Waals surface area contributed by atoms with E-state index in [1.807, 2.05) is 13.0 Å². The third-order valence-electron chi connectivity index (χ3n) is 4.05. The van der Waals surface area contributed by atoms with E-state index >= 15 is 0 Å². The van der Waals surface area contributed by atoms with Crippen LogP contribution in [-0.2, 0) is 9.59 Å². The van der Waals surface area contributed by atoms with Crippen LogP contribution in [0.25, 0.3) is 0 Å². The smallest absolute Gasteiger partial charge is 0.217 e. The Bertz CT molecular complexity index is 525. The minimum Gasteiger partial charge on any atom is -0.350 e. The van der Waals surface area contributed by atoms with Crippen molar-refractivity contribution in [2.45, 2.75) is 38.6 Å². The second-order valence-electron chi connectivity index (χ2n) is 5.61. The van der Waals surface area contributed by atoms with Crippen LogP contribution in [-0.4, -0.2) is 30.3 Å². The van der Waals surface area contributed by atoms with Crippen molar-refractivity contribution in [1.29, 1.82) is 0 Å². The molecule has 21 heavy (non-hydrogen) atoms. The van der Waals surface area contributed by atoms with Crippen LogP contribution in [0.2, 0.25) is 0 Å². The molecule has 1 saturated heterocycles. The summed E-state index contributed by atoms with van der Waals surface area (Å²) in [6.45, 7) is 4.76. The van der Waals surface area contributed by atoms with Crippen molar-refractivity contribution in [2.24, 2.45) is 0 Å². The Morgan fingerprint density at radius 2 is 2.10 bits per heavy atom. The molecule has 0 radical (unpaired) electrons. The molecule has 2 amide bonds. The number of hydrogen-bond acceptors (Lipinski definition) is 2. The van der Waals surface area contributed by atoms with E-state index in [0.29, 0.717) is 5.92 Å². The quantitative estimate of drug-likeness (QED) is 0.866. The van der Waals surface area contributed by atoms with Crippen molar-refractivity contribution in [3.05, 3.63) is 35.1 Å². The van der Waals surface area contributed by atoms with Gasteiger partial charge in [-0.2, -0.15) is 0 Å². The Balaban J connectivity index is 2.22. The van der Waals surface area contributed by atoms with Crippen LogP contribution in [0.1, 0.15) is 49.8 Å². The highest BCUT2D eigenvalue weighted by Gasteiger charge is 2.24. The normalized spacial score (nSPS) is 17.4. The van der Waals surface area contributed by atoms with Gasteiger partial charge < -0.3 is 10.2 Å². The zero-order chi connectivity index (χ0) is 15.4. The van der Waals surface area contributed by atoms with Gasteiger partial charge in [0, 0.05) is 20.0 Å². The Morgan fingerprint density at radius 1 is 1.43 bits per heavy atom. The van der Waals surface area contributed by atoms with Crippen molar-refractivity contribution >= 4 is 12.3 Å². The van der Waals surface area contributed by atoms with Crippen LogP contribution < -0.4 is 5.32 Å². The fourth-order valence-corrected chi connectivity index (χ4v) is 2.99. The molecule has 1 aromatic carbocycles. The van der Waals surface area contributed by atoms with Gasteiger partial charge in [0.05, 0.1) is 6.04 Å². The SMILES string of the molecule is CC(=O)NC(C)c1cc(F)ccc1C1CCN(C=O)CC1. The summed E-state index contributed by atoms with van der Waals surface area (Å²) in [6.07, 6.45) is 2.61. The molecule has 5 heteroatoms. The second-order valence-corrected chi connectivity index (χ2v) is 5.61. The molecule has 1 heterocycles. The van der Waals surface area contributed by atoms with Crippen LogP contribution in [0.5, 0.6) is 0 Å². The molecule has 1 aliphatic heterocycles. The number of benzene rings is 1. The van der Waals surface area contributed by atoms with Crippen LogP contribution in [0.3, 0.4) is 0 Å². The minimum atomic E-state index is -0.295. The van der Waals surface area contributed by atoms with Crippen LogP contribution in [0, 0.1) is 5.82 Å². The predicted octanol–water partition coefficient (Wildman–Crippen LogP) is 2.36. The van der Waals surface area contributed by atoms with Gasteiger partial charge in [0.25, 0.3) is 0 Å². The number of carbonyl (C=O) groups excluding carboxylic acids is 2. The van der Waals surface area contributed by atoms with Crippen molar-refractivity contribution in [3.63, 3.8) is 0 Å². The molecule has 1 aliphatic rings. The molecule has 4 nitrogen and oxygen atoms in total. The maximum Gasteiger partial charge on any atom is 0.217 e. The first-order valence-electron chi connectivity index (χ1n) is 7.27. The van der Waals surface area contributed by atoms with Crippen molar-refractivity contribution in [3.8, 4) is 0 Å². The minimum absolute atomic E-state index is 0.131. The van der Waals surface area contributed by atoms with E-state index in [4.69, 9.17) is 0 Å². The summed E-state index contributed by atoms with van der Waals surface area (Å²) in [7, 11) is 0. The number of rotatable bonds is 4. The summed E-state index contributed by atoms with van der Waals surface area (Å²) < 4.78 is 13.6. The molecular formula is C16H21FN2O2. The molecule has 0 saturated carbocycles. The number of nitrogens with zero attached hydrogens (tertiary/aromatic N) is 1. The zero-order valence-electron chi connectivity index (χ0n) is 12.4. The Hall–Kier alpha value is -1.91. The molecule has 0 bridgehead atoms. The fourth-order valence-electron chi connectivity index (χ4n) is 2.99. The van der Waals surface area contributed by atoms with Gasteiger partial charge in [-0.1, -0.05) is 6.07 Å². The molecule has 0 aromatic heterocycles. The molecule has 114 valence electrons. The topological polar surface area (TPSA) is 49.4 Å². The second kappa shape index (κ2) is 6.70. The van der Waals surface area contributed by atoms with Crippen LogP contribution in [0.15, 0.2) is 18.2 Å². The third kappa shape index (κ3) is 3.80. The van der Waals surface area contributed by atoms with Gasteiger partial charge in [0.15, 0.2) is 0 Å². The molecule has 1 unspecified atom stereocenters. The molecule has 0 spiro atoms. The highest BCUT2D eigenvalue weighted by Crippen LogP contribution is 2.33. The van der Waals surface area contributed by atoms with Crippen molar-refractivity contribution in [2.75, 3.05) is 13.1 Å². The highest BCUT2D eigenvalue weighted by molar-refractivity contribution is 5.73. The maximum absolute atomic E-state index is 13.6. The van der Waals surface area contributed by atoms with E-state index in [0.717, 1.165) is 43.5 Å². The third-order valence-corrected chi connectivity index (χ3v) is 4.05. The van der Waals surface area contributed by atoms with Crippen LogP contribution >= 0.6 is 0 Å². The summed E-state index contributed by atoms with van der Waals surface area (Å²) in [6, 6.07) is 4.55. The molecule has 1 atom stereocenters. The van der Waals surface area contributed by atoms with Gasteiger partial charge in [0.2, 0.25) is 12.3 Å². The van der Waals surface area contributed by atoms with Gasteiger partial charge >= 0.3 is 0 Å². The van der Waals surface area contributed by atoms with Crippen molar-refractivity contribution in [1.82, 2.24) is 10.2 Å². The van der Waals surface area contributed by atoms with E-state index in [1.54, 1.807) is 4.90 Å². The molecular weight excluding hydrogens is 271 g/mol. The Morgan fingerprint density at radius 3 is 2.67 bits per heavy atom. The van der Waals surface area contributed by atoms with Gasteiger partial charge in [-0.3, -0.25) is 9.59 Å². The van der Waals surface area contributed by atoms with Crippen molar-refractivity contribution < 1.29 is 14.0 Å². The number of hydrogen-bond donors (Lipinski definition) is 1. The molecule has 1 aromatic rings. The first kappa shape index (κ1) is 15.5. The summed E-state index contributed by atoms with van der Waals surface area (Å²) >= 11 is 0. The highest BCUT2D eigenvalue weighted by atomic mass is 19.1. The van der Waals surface area contributed by atoms with E-state index < -0.39 is 0 Å². The van der Waals surface area contributed by atoms with Gasteiger partial charge in [0.1, 0.15) is 5.82 Å². The molecule has 2 rings (SSSR count). The number of likely N-dealkylation sites (tertiary alicyclic amines) is 1. The maximum atomic E-state index is 13.6. The summed E-state index contributed by atoms with van der Waals surface area (Å²) in [5.41, 5.74) is 1.90. The van der Waals surface area contributed by atoms with E-state index in [1.165, 1.54) is 19.1 Å². The van der Waals surface area contributed by atoms with E-state index in [9.17, 15) is 14.0 Å². The standard InChI is InChI=1S/C16H21FN2O2/c1-11(18-12(2)21)16-9-14(17)3-4-15(16)13-5-7-19(10-20)8-6-13/h3-4,9-11,13H,5-8H2,1-2H3,(H,18,21). The monoisotopic (exact) mass is 292 g/mol. The number of nitrogens with one attached hydrogen (secondary N) is 1. The molecule has 1 fully saturated rings. The van der Waals surface area contributed by atoms with Crippen LogP contribution in [0.4, 0.5) is 4.39 Å². The molecule has 1 N–H and O–H groups in total. The van der Waals surface area contributed by atoms with Gasteiger partial charge in [-0.05, 0) is 48.9 Å². The Labute approximate surface area is 124 Å². The average molecular weight is 292 g/mol. The number of halogens is 1. The van der Waals surface area contributed by atoms with E-state index in [-0.39, 0.29) is 17.8 Å². The fraction of sp³-hybridized carbons (Fsp3) is 0.500. The molecule has 0 aliphatic carbocycles.